The zero-order valence-electron chi connectivity index (χ0n) is 11.0. The summed E-state index contributed by atoms with van der Waals surface area (Å²) in [6, 6.07) is 9.62. The summed E-state index contributed by atoms with van der Waals surface area (Å²) >= 11 is 1.42. The van der Waals surface area contributed by atoms with E-state index < -0.39 is 11.6 Å². The molecule has 2 nitrogen and oxygen atoms in total. The highest BCUT2D eigenvalue weighted by Crippen LogP contribution is 2.29. The van der Waals surface area contributed by atoms with Crippen LogP contribution in [0.4, 0.5) is 8.78 Å². The molecule has 0 bridgehead atoms. The van der Waals surface area contributed by atoms with Crippen LogP contribution in [0, 0.1) is 11.6 Å². The fraction of sp³-hybridized carbons (Fsp3) is 0.200. The van der Waals surface area contributed by atoms with Crippen LogP contribution < -0.4 is 10.5 Å². The highest BCUT2D eigenvalue weighted by atomic mass is 32.2. The maximum atomic E-state index is 13.1. The summed E-state index contributed by atoms with van der Waals surface area (Å²) in [5.74, 6) is -0.311. The third-order valence-electron chi connectivity index (χ3n) is 2.87. The highest BCUT2D eigenvalue weighted by Gasteiger charge is 2.07. The Balaban J connectivity index is 2.15. The minimum absolute atomic E-state index is 0.451. The summed E-state index contributed by atoms with van der Waals surface area (Å²) in [5.41, 5.74) is 7.60. The van der Waals surface area contributed by atoms with E-state index in [1.807, 2.05) is 18.2 Å². The van der Waals surface area contributed by atoms with Crippen molar-refractivity contribution in [1.29, 1.82) is 0 Å². The predicted octanol–water partition coefficient (Wildman–Crippen LogP) is 3.72. The lowest BCUT2D eigenvalue weighted by atomic mass is 10.1. The molecule has 0 radical (unpaired) electrons. The molecule has 0 amide bonds. The number of halogens is 2. The third kappa shape index (κ3) is 3.49. The molecule has 0 atom stereocenters. The van der Waals surface area contributed by atoms with Crippen LogP contribution in [0.2, 0.25) is 0 Å². The van der Waals surface area contributed by atoms with Gasteiger partial charge in [-0.3, -0.25) is 0 Å². The Morgan fingerprint density at radius 2 is 1.90 bits per heavy atom. The van der Waals surface area contributed by atoms with Crippen molar-refractivity contribution in [2.45, 2.75) is 17.2 Å². The van der Waals surface area contributed by atoms with Gasteiger partial charge in [-0.1, -0.05) is 6.07 Å². The minimum atomic E-state index is -0.836. The molecule has 0 fully saturated rings. The third-order valence-corrected chi connectivity index (χ3v) is 3.91. The normalized spacial score (nSPS) is 10.6. The van der Waals surface area contributed by atoms with Gasteiger partial charge in [0.05, 0.1) is 7.11 Å². The van der Waals surface area contributed by atoms with Gasteiger partial charge in [-0.25, -0.2) is 8.78 Å². The smallest absolute Gasteiger partial charge is 0.159 e. The Kier molecular flexibility index (Phi) is 4.98. The molecule has 0 aliphatic heterocycles. The lowest BCUT2D eigenvalue weighted by Crippen LogP contribution is -1.98. The SMILES string of the molecule is COc1ccc(CN)cc1CSc1ccc(F)c(F)c1. The van der Waals surface area contributed by atoms with Crippen LogP contribution in [0.15, 0.2) is 41.3 Å². The Morgan fingerprint density at radius 1 is 1.10 bits per heavy atom. The summed E-state index contributed by atoms with van der Waals surface area (Å²) in [5, 5.41) is 0. The second-order valence-corrected chi connectivity index (χ2v) is 5.26. The lowest BCUT2D eigenvalue weighted by molar-refractivity contribution is 0.411. The quantitative estimate of drug-likeness (QED) is 0.854. The van der Waals surface area contributed by atoms with Gasteiger partial charge in [0.2, 0.25) is 0 Å². The zero-order valence-corrected chi connectivity index (χ0v) is 11.8. The maximum Gasteiger partial charge on any atom is 0.159 e. The van der Waals surface area contributed by atoms with Gasteiger partial charge in [-0.2, -0.15) is 0 Å². The van der Waals surface area contributed by atoms with Crippen LogP contribution >= 0.6 is 11.8 Å². The van der Waals surface area contributed by atoms with Gasteiger partial charge in [0.15, 0.2) is 11.6 Å². The van der Waals surface area contributed by atoms with E-state index in [-0.39, 0.29) is 0 Å². The number of nitrogens with two attached hydrogens (primary N) is 1. The van der Waals surface area contributed by atoms with Gasteiger partial charge in [0, 0.05) is 22.8 Å². The standard InChI is InChI=1S/C15H15F2NOS/c1-19-15-5-2-10(8-18)6-11(15)9-20-12-3-4-13(16)14(17)7-12/h2-7H,8-9,18H2,1H3. The Hall–Kier alpha value is -1.59. The van der Waals surface area contributed by atoms with Gasteiger partial charge < -0.3 is 10.5 Å². The molecule has 0 saturated heterocycles. The van der Waals surface area contributed by atoms with E-state index in [1.165, 1.54) is 17.8 Å². The van der Waals surface area contributed by atoms with Crippen LogP contribution in [0.25, 0.3) is 0 Å². The largest absolute Gasteiger partial charge is 0.496 e. The fourth-order valence-electron chi connectivity index (χ4n) is 1.80. The molecule has 0 aliphatic carbocycles. The average Bonchev–Trinajstić information content (AvgIpc) is 2.48. The van der Waals surface area contributed by atoms with Crippen molar-refractivity contribution in [3.05, 3.63) is 59.2 Å². The van der Waals surface area contributed by atoms with Gasteiger partial charge in [0.25, 0.3) is 0 Å². The maximum absolute atomic E-state index is 13.1. The molecular weight excluding hydrogens is 280 g/mol. The van der Waals surface area contributed by atoms with Crippen LogP contribution in [0.5, 0.6) is 5.75 Å². The first-order chi connectivity index (χ1) is 9.63. The topological polar surface area (TPSA) is 35.2 Å². The number of hydrogen-bond donors (Lipinski definition) is 1. The first-order valence-corrected chi connectivity index (χ1v) is 7.06. The average molecular weight is 295 g/mol. The molecule has 106 valence electrons. The van der Waals surface area contributed by atoms with Gasteiger partial charge in [0.1, 0.15) is 5.75 Å². The highest BCUT2D eigenvalue weighted by molar-refractivity contribution is 7.98. The summed E-state index contributed by atoms with van der Waals surface area (Å²) in [7, 11) is 1.60. The molecular formula is C15H15F2NOS. The molecule has 2 rings (SSSR count). The molecule has 5 heteroatoms. The van der Waals surface area contributed by atoms with E-state index in [2.05, 4.69) is 0 Å². The molecule has 0 aromatic heterocycles. The summed E-state index contributed by atoms with van der Waals surface area (Å²) in [6.07, 6.45) is 0. The van der Waals surface area contributed by atoms with Crippen LogP contribution in [0.1, 0.15) is 11.1 Å². The molecule has 0 unspecified atom stereocenters. The van der Waals surface area contributed by atoms with Crippen molar-refractivity contribution in [2.24, 2.45) is 5.73 Å². The molecule has 0 saturated carbocycles. The first kappa shape index (κ1) is 14.8. The number of rotatable bonds is 5. The van der Waals surface area contributed by atoms with E-state index in [9.17, 15) is 8.78 Å². The van der Waals surface area contributed by atoms with Crippen LogP contribution in [0.3, 0.4) is 0 Å². The lowest BCUT2D eigenvalue weighted by Gasteiger charge is -2.10. The Morgan fingerprint density at radius 3 is 2.55 bits per heavy atom. The van der Waals surface area contributed by atoms with Gasteiger partial charge in [-0.15, -0.1) is 11.8 Å². The molecule has 0 heterocycles. The van der Waals surface area contributed by atoms with E-state index in [4.69, 9.17) is 10.5 Å². The number of methoxy groups -OCH3 is 1. The van der Waals surface area contributed by atoms with Gasteiger partial charge in [-0.05, 0) is 35.9 Å². The van der Waals surface area contributed by atoms with E-state index in [1.54, 1.807) is 13.2 Å². The van der Waals surface area contributed by atoms with Gasteiger partial charge >= 0.3 is 0 Å². The molecule has 2 aromatic carbocycles. The van der Waals surface area contributed by atoms with Crippen molar-refractivity contribution in [1.82, 2.24) is 0 Å². The monoisotopic (exact) mass is 295 g/mol. The number of benzene rings is 2. The van der Waals surface area contributed by atoms with E-state index in [0.29, 0.717) is 17.2 Å². The van der Waals surface area contributed by atoms with E-state index in [0.717, 1.165) is 22.9 Å². The molecule has 2 aromatic rings. The van der Waals surface area contributed by atoms with Crippen molar-refractivity contribution in [3.8, 4) is 5.75 Å². The molecule has 0 aliphatic rings. The van der Waals surface area contributed by atoms with Crippen molar-refractivity contribution in [3.63, 3.8) is 0 Å². The number of thioether (sulfide) groups is 1. The fourth-order valence-corrected chi connectivity index (χ4v) is 2.70. The van der Waals surface area contributed by atoms with Crippen molar-refractivity contribution < 1.29 is 13.5 Å². The van der Waals surface area contributed by atoms with Crippen molar-refractivity contribution >= 4 is 11.8 Å². The first-order valence-electron chi connectivity index (χ1n) is 6.07. The van der Waals surface area contributed by atoms with Crippen LogP contribution in [-0.2, 0) is 12.3 Å². The Labute approximate surface area is 120 Å². The molecule has 20 heavy (non-hydrogen) atoms. The zero-order chi connectivity index (χ0) is 14.5. The molecule has 0 spiro atoms. The van der Waals surface area contributed by atoms with Crippen molar-refractivity contribution in [2.75, 3.05) is 7.11 Å². The van der Waals surface area contributed by atoms with Crippen LogP contribution in [-0.4, -0.2) is 7.11 Å². The number of hydrogen-bond acceptors (Lipinski definition) is 3. The number of ether oxygens (including phenoxy) is 1. The summed E-state index contributed by atoms with van der Waals surface area (Å²) in [6.45, 7) is 0.451. The van der Waals surface area contributed by atoms with E-state index >= 15 is 0 Å². The Bertz CT molecular complexity index is 604. The second kappa shape index (κ2) is 6.72. The molecule has 2 N–H and O–H groups in total. The second-order valence-electron chi connectivity index (χ2n) is 4.21. The minimum Gasteiger partial charge on any atom is -0.496 e. The predicted molar refractivity (Wildman–Crippen MR) is 76.8 cm³/mol. The summed E-state index contributed by atoms with van der Waals surface area (Å²) in [4.78, 5) is 0.670. The summed E-state index contributed by atoms with van der Waals surface area (Å²) < 4.78 is 31.3.